The molecule has 0 fully saturated rings. The molecule has 0 aliphatic heterocycles. The highest BCUT2D eigenvalue weighted by molar-refractivity contribution is 6.20. The molecule has 0 spiro atoms. The molecule has 0 radical (unpaired) electrons. The van der Waals surface area contributed by atoms with Gasteiger partial charge in [-0.3, -0.25) is 4.57 Å². The smallest absolute Gasteiger partial charge is 0.215 e. The number of aryl methyl sites for hydroxylation is 1. The van der Waals surface area contributed by atoms with Gasteiger partial charge in [0.05, 0.1) is 33.1 Å². The quantitative estimate of drug-likeness (QED) is 0.227. The average Bonchev–Trinajstić information content (AvgIpc) is 3.62. The lowest BCUT2D eigenvalue weighted by Gasteiger charge is -2.09. The lowest BCUT2D eigenvalue weighted by molar-refractivity contribution is 0.870. The number of para-hydroxylation sites is 4. The molecular weight excluding hydrogens is 488 g/mol. The molecule has 0 saturated heterocycles. The van der Waals surface area contributed by atoms with E-state index in [9.17, 15) is 0 Å². The van der Waals surface area contributed by atoms with E-state index in [0.717, 1.165) is 33.7 Å². The van der Waals surface area contributed by atoms with Crippen LogP contribution in [-0.4, -0.2) is 18.7 Å². The van der Waals surface area contributed by atoms with Crippen LogP contribution in [0.5, 0.6) is 0 Å². The van der Waals surface area contributed by atoms with Gasteiger partial charge in [-0.2, -0.15) is 0 Å². The maximum Gasteiger partial charge on any atom is 0.215 e. The van der Waals surface area contributed by atoms with Crippen molar-refractivity contribution in [3.05, 3.63) is 127 Å². The van der Waals surface area contributed by atoms with Gasteiger partial charge in [-0.25, -0.2) is 4.98 Å². The van der Waals surface area contributed by atoms with Crippen LogP contribution in [-0.2, 0) is 7.05 Å². The molecule has 0 saturated carbocycles. The van der Waals surface area contributed by atoms with Gasteiger partial charge in [0.1, 0.15) is 0 Å². The lowest BCUT2D eigenvalue weighted by atomic mass is 10.1. The standard InChI is InChI=1S/C36H24N4/c1-38-32-18-10-8-16-30(32)37-36(38)40-31-17-9-7-15-26(31)28-21-34-29(22-35(28)40)27-19-23-11-5-6-12-24(23)20-33(27)39(34)25-13-3-2-4-14-25/h2-22H,1H3. The molecular formula is C36H24N4. The van der Waals surface area contributed by atoms with Crippen molar-refractivity contribution < 1.29 is 0 Å². The summed E-state index contributed by atoms with van der Waals surface area (Å²) in [5.74, 6) is 0.920. The van der Waals surface area contributed by atoms with E-state index in [0.29, 0.717) is 0 Å². The van der Waals surface area contributed by atoms with Crippen molar-refractivity contribution in [2.24, 2.45) is 7.05 Å². The van der Waals surface area contributed by atoms with Crippen LogP contribution in [0.3, 0.4) is 0 Å². The number of nitrogens with zero attached hydrogens (tertiary/aromatic N) is 4. The van der Waals surface area contributed by atoms with Gasteiger partial charge in [-0.05, 0) is 65.4 Å². The number of hydrogen-bond donors (Lipinski definition) is 0. The van der Waals surface area contributed by atoms with Crippen molar-refractivity contribution in [3.8, 4) is 11.6 Å². The summed E-state index contributed by atoms with van der Waals surface area (Å²) in [6.45, 7) is 0. The van der Waals surface area contributed by atoms with Crippen LogP contribution in [0.25, 0.3) is 77.1 Å². The highest BCUT2D eigenvalue weighted by Gasteiger charge is 2.21. The summed E-state index contributed by atoms with van der Waals surface area (Å²) in [4.78, 5) is 5.11. The van der Waals surface area contributed by atoms with Gasteiger partial charge in [0.2, 0.25) is 5.95 Å². The average molecular weight is 513 g/mol. The number of imidazole rings is 1. The Labute approximate surface area is 229 Å². The number of rotatable bonds is 2. The third kappa shape index (κ3) is 2.82. The van der Waals surface area contributed by atoms with Crippen molar-refractivity contribution in [2.45, 2.75) is 0 Å². The van der Waals surface area contributed by atoms with Gasteiger partial charge in [0.25, 0.3) is 0 Å². The summed E-state index contributed by atoms with van der Waals surface area (Å²) < 4.78 is 6.95. The summed E-state index contributed by atoms with van der Waals surface area (Å²) in [5.41, 5.74) is 8.02. The predicted octanol–water partition coefficient (Wildman–Crippen LogP) is 8.92. The fourth-order valence-corrected chi connectivity index (χ4v) is 6.57. The van der Waals surface area contributed by atoms with Crippen LogP contribution in [0.4, 0.5) is 0 Å². The third-order valence-electron chi connectivity index (χ3n) is 8.40. The molecule has 0 aliphatic carbocycles. The van der Waals surface area contributed by atoms with Crippen LogP contribution >= 0.6 is 0 Å². The molecule has 0 amide bonds. The molecule has 3 heterocycles. The van der Waals surface area contributed by atoms with Crippen molar-refractivity contribution in [2.75, 3.05) is 0 Å². The largest absolute Gasteiger partial charge is 0.313 e. The van der Waals surface area contributed by atoms with Gasteiger partial charge in [-0.1, -0.05) is 72.8 Å². The van der Waals surface area contributed by atoms with E-state index in [-0.39, 0.29) is 0 Å². The fraction of sp³-hybridized carbons (Fsp3) is 0.0278. The first kappa shape index (κ1) is 21.6. The van der Waals surface area contributed by atoms with Gasteiger partial charge in [-0.15, -0.1) is 0 Å². The molecule has 188 valence electrons. The normalized spacial score (nSPS) is 12.1. The molecule has 0 bridgehead atoms. The van der Waals surface area contributed by atoms with E-state index < -0.39 is 0 Å². The number of hydrogen-bond acceptors (Lipinski definition) is 1. The van der Waals surface area contributed by atoms with Crippen molar-refractivity contribution >= 4 is 65.4 Å². The summed E-state index contributed by atoms with van der Waals surface area (Å²) in [7, 11) is 2.11. The summed E-state index contributed by atoms with van der Waals surface area (Å²) in [5, 5.41) is 7.43. The zero-order chi connectivity index (χ0) is 26.4. The number of aromatic nitrogens is 4. The second-order valence-electron chi connectivity index (χ2n) is 10.6. The zero-order valence-electron chi connectivity index (χ0n) is 21.9. The zero-order valence-corrected chi connectivity index (χ0v) is 21.9. The SMILES string of the molecule is Cn1c(-n2c3ccccc3c3cc4c(cc32)c2cc3ccccc3cc2n4-c2ccccc2)nc2ccccc21. The summed E-state index contributed by atoms with van der Waals surface area (Å²) >= 11 is 0. The van der Waals surface area contributed by atoms with E-state index in [4.69, 9.17) is 4.98 Å². The van der Waals surface area contributed by atoms with Gasteiger partial charge < -0.3 is 9.13 Å². The minimum absolute atomic E-state index is 0.920. The maximum absolute atomic E-state index is 5.11. The highest BCUT2D eigenvalue weighted by Crippen LogP contribution is 2.40. The Kier molecular flexibility index (Phi) is 4.23. The number of fused-ring (bicyclic) bond motifs is 8. The third-order valence-corrected chi connectivity index (χ3v) is 8.40. The van der Waals surface area contributed by atoms with E-state index >= 15 is 0 Å². The van der Waals surface area contributed by atoms with Gasteiger partial charge >= 0.3 is 0 Å². The second-order valence-corrected chi connectivity index (χ2v) is 10.6. The monoisotopic (exact) mass is 512 g/mol. The van der Waals surface area contributed by atoms with Crippen molar-refractivity contribution in [1.29, 1.82) is 0 Å². The van der Waals surface area contributed by atoms with Crippen molar-refractivity contribution in [1.82, 2.24) is 18.7 Å². The summed E-state index contributed by atoms with van der Waals surface area (Å²) in [6.07, 6.45) is 0. The molecule has 0 N–H and O–H groups in total. The van der Waals surface area contributed by atoms with Crippen LogP contribution in [0, 0.1) is 0 Å². The first-order valence-corrected chi connectivity index (χ1v) is 13.6. The molecule has 0 atom stereocenters. The second kappa shape index (κ2) is 7.84. The van der Waals surface area contributed by atoms with Crippen LogP contribution < -0.4 is 0 Å². The molecule has 9 aromatic rings. The first-order chi connectivity index (χ1) is 19.8. The van der Waals surface area contributed by atoms with Crippen molar-refractivity contribution in [3.63, 3.8) is 0 Å². The van der Waals surface area contributed by atoms with Crippen LogP contribution in [0.15, 0.2) is 127 Å². The van der Waals surface area contributed by atoms with Gasteiger partial charge in [0, 0.05) is 34.3 Å². The Morgan fingerprint density at radius 1 is 0.450 bits per heavy atom. The topological polar surface area (TPSA) is 27.7 Å². The minimum Gasteiger partial charge on any atom is -0.313 e. The molecule has 0 unspecified atom stereocenters. The van der Waals surface area contributed by atoms with E-state index in [1.807, 2.05) is 0 Å². The highest BCUT2D eigenvalue weighted by atomic mass is 15.2. The molecule has 4 heteroatoms. The molecule has 6 aromatic carbocycles. The Morgan fingerprint density at radius 3 is 1.82 bits per heavy atom. The Balaban J connectivity index is 1.49. The Morgan fingerprint density at radius 2 is 1.02 bits per heavy atom. The molecule has 3 aromatic heterocycles. The maximum atomic E-state index is 5.11. The van der Waals surface area contributed by atoms with E-state index in [2.05, 4.69) is 148 Å². The predicted molar refractivity (Wildman–Crippen MR) is 167 cm³/mol. The van der Waals surface area contributed by atoms with E-state index in [1.54, 1.807) is 0 Å². The molecule has 40 heavy (non-hydrogen) atoms. The lowest BCUT2D eigenvalue weighted by Crippen LogP contribution is -2.02. The van der Waals surface area contributed by atoms with Gasteiger partial charge in [0.15, 0.2) is 0 Å². The van der Waals surface area contributed by atoms with E-state index in [1.165, 1.54) is 43.4 Å². The number of benzene rings is 6. The summed E-state index contributed by atoms with van der Waals surface area (Å²) in [6, 6.07) is 45.8. The Bertz CT molecular complexity index is 2440. The molecule has 9 rings (SSSR count). The fourth-order valence-electron chi connectivity index (χ4n) is 6.57. The van der Waals surface area contributed by atoms with Crippen LogP contribution in [0.2, 0.25) is 0 Å². The van der Waals surface area contributed by atoms with Crippen LogP contribution in [0.1, 0.15) is 0 Å². The molecule has 0 aliphatic rings. The first-order valence-electron chi connectivity index (χ1n) is 13.6. The minimum atomic E-state index is 0.920. The molecule has 4 nitrogen and oxygen atoms in total. The Hall–Kier alpha value is -5.35.